The molecule has 1 aliphatic heterocycles. The third kappa shape index (κ3) is 4.51. The number of non-ortho nitro benzene ring substituents is 1. The number of amides is 1. The van der Waals surface area contributed by atoms with Crippen molar-refractivity contribution in [3.05, 3.63) is 75.8 Å². The third-order valence-electron chi connectivity index (χ3n) is 3.50. The maximum absolute atomic E-state index is 12.0. The van der Waals surface area contributed by atoms with Crippen molar-refractivity contribution in [3.8, 4) is 0 Å². The van der Waals surface area contributed by atoms with E-state index in [0.29, 0.717) is 11.6 Å². The summed E-state index contributed by atoms with van der Waals surface area (Å²) >= 11 is 1.30. The lowest BCUT2D eigenvalue weighted by atomic mass is 10.1. The Morgan fingerprint density at radius 2 is 1.88 bits per heavy atom. The van der Waals surface area contributed by atoms with Crippen molar-refractivity contribution in [2.45, 2.75) is 11.7 Å². The molecule has 0 saturated carbocycles. The van der Waals surface area contributed by atoms with Crippen molar-refractivity contribution < 1.29 is 9.72 Å². The summed E-state index contributed by atoms with van der Waals surface area (Å²) in [6, 6.07) is 15.7. The van der Waals surface area contributed by atoms with Crippen molar-refractivity contribution in [3.63, 3.8) is 0 Å². The van der Waals surface area contributed by atoms with Gasteiger partial charge in [-0.05, 0) is 17.5 Å². The van der Waals surface area contributed by atoms with Crippen molar-refractivity contribution in [1.82, 2.24) is 5.32 Å². The second kappa shape index (κ2) is 7.71. The summed E-state index contributed by atoms with van der Waals surface area (Å²) in [6.45, 7) is 0. The second-order valence-corrected chi connectivity index (χ2v) is 6.48. The normalized spacial score (nSPS) is 18.6. The SMILES string of the molecule is O=C1NC(=NN=Cc2ccccc2)SC1Cc1ccc([N+](=O)[O-])cc1. The Labute approximate surface area is 148 Å². The zero-order valence-corrected chi connectivity index (χ0v) is 13.8. The largest absolute Gasteiger partial charge is 0.303 e. The van der Waals surface area contributed by atoms with Gasteiger partial charge >= 0.3 is 0 Å². The van der Waals surface area contributed by atoms with Crippen LogP contribution >= 0.6 is 11.8 Å². The lowest BCUT2D eigenvalue weighted by molar-refractivity contribution is -0.384. The van der Waals surface area contributed by atoms with E-state index < -0.39 is 4.92 Å². The molecule has 0 bridgehead atoms. The summed E-state index contributed by atoms with van der Waals surface area (Å²) in [7, 11) is 0. The van der Waals surface area contributed by atoms with Crippen LogP contribution in [0.3, 0.4) is 0 Å². The van der Waals surface area contributed by atoms with E-state index in [-0.39, 0.29) is 16.8 Å². The third-order valence-corrected chi connectivity index (χ3v) is 4.57. The number of carbonyl (C=O) groups excluding carboxylic acids is 1. The predicted molar refractivity (Wildman–Crippen MR) is 97.8 cm³/mol. The first-order valence-electron chi connectivity index (χ1n) is 7.49. The maximum Gasteiger partial charge on any atom is 0.269 e. The van der Waals surface area contributed by atoms with Gasteiger partial charge in [-0.25, -0.2) is 0 Å². The number of thioether (sulfide) groups is 1. The van der Waals surface area contributed by atoms with E-state index in [1.165, 1.54) is 23.9 Å². The van der Waals surface area contributed by atoms with Gasteiger partial charge in [0.05, 0.1) is 16.4 Å². The molecule has 1 unspecified atom stereocenters. The van der Waals surface area contributed by atoms with E-state index in [0.717, 1.165) is 11.1 Å². The molecule has 1 fully saturated rings. The Balaban J connectivity index is 1.61. The van der Waals surface area contributed by atoms with Crippen molar-refractivity contribution >= 4 is 34.7 Å². The number of carbonyl (C=O) groups is 1. The Bertz CT molecular complexity index is 835. The lowest BCUT2D eigenvalue weighted by Crippen LogP contribution is -2.25. The zero-order valence-electron chi connectivity index (χ0n) is 13.0. The quantitative estimate of drug-likeness (QED) is 0.507. The number of benzene rings is 2. The Hall–Kier alpha value is -3.00. The summed E-state index contributed by atoms with van der Waals surface area (Å²) in [5.41, 5.74) is 1.81. The molecule has 25 heavy (non-hydrogen) atoms. The smallest absolute Gasteiger partial charge is 0.269 e. The van der Waals surface area contributed by atoms with E-state index in [1.807, 2.05) is 30.3 Å². The molecule has 0 aliphatic carbocycles. The molecule has 8 heteroatoms. The molecule has 0 aromatic heterocycles. The van der Waals surface area contributed by atoms with Gasteiger partial charge in [-0.15, -0.1) is 5.10 Å². The molecule has 0 spiro atoms. The van der Waals surface area contributed by atoms with Gasteiger partial charge in [-0.1, -0.05) is 54.2 Å². The van der Waals surface area contributed by atoms with Gasteiger partial charge < -0.3 is 5.32 Å². The van der Waals surface area contributed by atoms with Crippen LogP contribution in [0.25, 0.3) is 0 Å². The van der Waals surface area contributed by atoms with Crippen molar-refractivity contribution in [2.75, 3.05) is 0 Å². The van der Waals surface area contributed by atoms with Crippen LogP contribution in [-0.4, -0.2) is 27.5 Å². The van der Waals surface area contributed by atoms with Crippen LogP contribution in [0.1, 0.15) is 11.1 Å². The molecule has 1 saturated heterocycles. The predicted octanol–water partition coefficient (Wildman–Crippen LogP) is 2.76. The number of nitrogens with zero attached hydrogens (tertiary/aromatic N) is 3. The first kappa shape index (κ1) is 16.8. The molecule has 1 amide bonds. The fraction of sp³-hybridized carbons (Fsp3) is 0.118. The lowest BCUT2D eigenvalue weighted by Gasteiger charge is -2.04. The van der Waals surface area contributed by atoms with Crippen LogP contribution in [0, 0.1) is 10.1 Å². The van der Waals surface area contributed by atoms with Crippen molar-refractivity contribution in [1.29, 1.82) is 0 Å². The van der Waals surface area contributed by atoms with Crippen LogP contribution in [0.2, 0.25) is 0 Å². The molecule has 2 aromatic rings. The molecule has 1 atom stereocenters. The van der Waals surface area contributed by atoms with Gasteiger partial charge in [0.25, 0.3) is 5.69 Å². The zero-order chi connectivity index (χ0) is 17.6. The topological polar surface area (TPSA) is 97.0 Å². The number of hydrogen-bond acceptors (Lipinski definition) is 6. The molecule has 1 aliphatic rings. The number of nitro benzene ring substituents is 1. The van der Waals surface area contributed by atoms with Crippen molar-refractivity contribution in [2.24, 2.45) is 10.2 Å². The van der Waals surface area contributed by atoms with E-state index in [1.54, 1.807) is 18.3 Å². The number of rotatable bonds is 5. The average Bonchev–Trinajstić information content (AvgIpc) is 2.96. The standard InChI is InChI=1S/C17H14N4O3S/c22-16-15(10-12-6-8-14(9-7-12)21(23)24)25-17(19-16)20-18-11-13-4-2-1-3-5-13/h1-9,11,15H,10H2,(H,19,20,22). The van der Waals surface area contributed by atoms with Gasteiger partial charge in [-0.3, -0.25) is 14.9 Å². The number of nitrogens with one attached hydrogen (secondary N) is 1. The van der Waals surface area contributed by atoms with E-state index in [4.69, 9.17) is 0 Å². The molecule has 1 heterocycles. The number of hydrogen-bond donors (Lipinski definition) is 1. The van der Waals surface area contributed by atoms with Gasteiger partial charge in [0.1, 0.15) is 0 Å². The van der Waals surface area contributed by atoms with Crippen LogP contribution in [0.4, 0.5) is 5.69 Å². The highest BCUT2D eigenvalue weighted by atomic mass is 32.2. The number of nitro groups is 1. The first-order chi connectivity index (χ1) is 12.1. The summed E-state index contributed by atoms with van der Waals surface area (Å²) in [4.78, 5) is 22.2. The van der Waals surface area contributed by atoms with Gasteiger partial charge in [0, 0.05) is 12.1 Å². The summed E-state index contributed by atoms with van der Waals surface area (Å²) < 4.78 is 0. The van der Waals surface area contributed by atoms with E-state index >= 15 is 0 Å². The molecule has 2 aromatic carbocycles. The van der Waals surface area contributed by atoms with E-state index in [9.17, 15) is 14.9 Å². The molecule has 0 radical (unpaired) electrons. The maximum atomic E-state index is 12.0. The van der Waals surface area contributed by atoms with Gasteiger partial charge in [0.2, 0.25) is 5.91 Å². The molecule has 126 valence electrons. The summed E-state index contributed by atoms with van der Waals surface area (Å²) in [6.07, 6.45) is 2.08. The molecule has 1 N–H and O–H groups in total. The highest BCUT2D eigenvalue weighted by Gasteiger charge is 2.30. The van der Waals surface area contributed by atoms with Crippen LogP contribution in [-0.2, 0) is 11.2 Å². The second-order valence-electron chi connectivity index (χ2n) is 5.28. The average molecular weight is 354 g/mol. The fourth-order valence-corrected chi connectivity index (χ4v) is 3.21. The monoisotopic (exact) mass is 354 g/mol. The number of amidine groups is 1. The fourth-order valence-electron chi connectivity index (χ4n) is 2.24. The molecule has 7 nitrogen and oxygen atoms in total. The summed E-state index contributed by atoms with van der Waals surface area (Å²) in [5, 5.41) is 21.5. The van der Waals surface area contributed by atoms with Crippen LogP contribution < -0.4 is 5.32 Å². The van der Waals surface area contributed by atoms with E-state index in [2.05, 4.69) is 15.5 Å². The highest BCUT2D eigenvalue weighted by Crippen LogP contribution is 2.24. The van der Waals surface area contributed by atoms with Crippen LogP contribution in [0.15, 0.2) is 64.8 Å². The highest BCUT2D eigenvalue weighted by molar-refractivity contribution is 8.15. The Morgan fingerprint density at radius 1 is 1.16 bits per heavy atom. The van der Waals surface area contributed by atoms with Gasteiger partial charge in [-0.2, -0.15) is 5.10 Å². The molecule has 3 rings (SSSR count). The minimum atomic E-state index is -0.448. The Morgan fingerprint density at radius 3 is 2.56 bits per heavy atom. The first-order valence-corrected chi connectivity index (χ1v) is 8.37. The van der Waals surface area contributed by atoms with Crippen LogP contribution in [0.5, 0.6) is 0 Å². The molecular formula is C17H14N4O3S. The Kier molecular flexibility index (Phi) is 5.20. The molecular weight excluding hydrogens is 340 g/mol. The van der Waals surface area contributed by atoms with Gasteiger partial charge in [0.15, 0.2) is 5.17 Å². The minimum Gasteiger partial charge on any atom is -0.303 e. The summed E-state index contributed by atoms with van der Waals surface area (Å²) in [5.74, 6) is -0.142. The minimum absolute atomic E-state index is 0.0322.